The molecule has 0 aliphatic heterocycles. The molecule has 0 aliphatic rings. The third kappa shape index (κ3) is 3.46. The Balaban J connectivity index is 1.11. The largest absolute Gasteiger partial charge is 0.0616 e. The first kappa shape index (κ1) is 23.8. The quantitative estimate of drug-likeness (QED) is 0.186. The molecule has 0 aromatic heterocycles. The van der Waals surface area contributed by atoms with Crippen LogP contribution in [0, 0.1) is 0 Å². The van der Waals surface area contributed by atoms with E-state index in [1.54, 1.807) is 0 Å². The molecular formula is C44H26. The lowest BCUT2D eigenvalue weighted by Gasteiger charge is -2.15. The van der Waals surface area contributed by atoms with Crippen molar-refractivity contribution in [1.82, 2.24) is 0 Å². The summed E-state index contributed by atoms with van der Waals surface area (Å²) < 4.78 is 0. The first-order valence-electron chi connectivity index (χ1n) is 15.3. The van der Waals surface area contributed by atoms with Gasteiger partial charge in [0.05, 0.1) is 0 Å². The van der Waals surface area contributed by atoms with Gasteiger partial charge in [-0.1, -0.05) is 121 Å². The van der Waals surface area contributed by atoms with Crippen molar-refractivity contribution in [3.63, 3.8) is 0 Å². The van der Waals surface area contributed by atoms with Crippen LogP contribution in [0.15, 0.2) is 158 Å². The first-order chi connectivity index (χ1) is 21.8. The van der Waals surface area contributed by atoms with Crippen molar-refractivity contribution in [2.45, 2.75) is 0 Å². The van der Waals surface area contributed by atoms with Gasteiger partial charge >= 0.3 is 0 Å². The summed E-state index contributed by atoms with van der Waals surface area (Å²) in [5.41, 5.74) is 5.03. The van der Waals surface area contributed by atoms with Gasteiger partial charge in [-0.25, -0.2) is 0 Å². The molecule has 0 bridgehead atoms. The number of fused-ring (bicyclic) bond motifs is 6. The van der Waals surface area contributed by atoms with Crippen molar-refractivity contribution in [2.75, 3.05) is 0 Å². The molecule has 0 saturated heterocycles. The van der Waals surface area contributed by atoms with Crippen molar-refractivity contribution in [2.24, 2.45) is 0 Å². The van der Waals surface area contributed by atoms with E-state index in [0.717, 1.165) is 0 Å². The van der Waals surface area contributed by atoms with Crippen molar-refractivity contribution in [3.8, 4) is 22.3 Å². The van der Waals surface area contributed by atoms with Crippen LogP contribution in [-0.4, -0.2) is 0 Å². The smallest absolute Gasteiger partial charge is 0.00264 e. The molecule has 0 spiro atoms. The van der Waals surface area contributed by atoms with Crippen LogP contribution in [0.5, 0.6) is 0 Å². The van der Waals surface area contributed by atoms with Crippen molar-refractivity contribution < 1.29 is 0 Å². The van der Waals surface area contributed by atoms with E-state index in [-0.39, 0.29) is 0 Å². The molecule has 10 aromatic carbocycles. The maximum atomic E-state index is 2.37. The van der Waals surface area contributed by atoms with Crippen LogP contribution in [0.1, 0.15) is 0 Å². The van der Waals surface area contributed by atoms with Crippen LogP contribution in [0.3, 0.4) is 0 Å². The Morgan fingerprint density at radius 2 is 0.523 bits per heavy atom. The van der Waals surface area contributed by atoms with Gasteiger partial charge in [0.25, 0.3) is 0 Å². The van der Waals surface area contributed by atoms with E-state index < -0.39 is 0 Å². The maximum absolute atomic E-state index is 2.37. The van der Waals surface area contributed by atoms with Gasteiger partial charge in [0.15, 0.2) is 0 Å². The average molecular weight is 555 g/mol. The van der Waals surface area contributed by atoms with Crippen LogP contribution in [-0.2, 0) is 0 Å². The van der Waals surface area contributed by atoms with Gasteiger partial charge in [-0.3, -0.25) is 0 Å². The van der Waals surface area contributed by atoms with Crippen molar-refractivity contribution >= 4 is 75.4 Å². The summed E-state index contributed by atoms with van der Waals surface area (Å²) in [6.45, 7) is 0. The normalized spacial score (nSPS) is 12.1. The van der Waals surface area contributed by atoms with E-state index in [9.17, 15) is 0 Å². The molecule has 0 unspecified atom stereocenters. The average Bonchev–Trinajstić information content (AvgIpc) is 3.09. The van der Waals surface area contributed by atoms with Crippen LogP contribution in [0.25, 0.3) is 97.7 Å². The zero-order valence-electron chi connectivity index (χ0n) is 24.0. The topological polar surface area (TPSA) is 0 Å². The lowest BCUT2D eigenvalue weighted by Crippen LogP contribution is -1.88. The van der Waals surface area contributed by atoms with Gasteiger partial charge in [-0.2, -0.15) is 0 Å². The molecule has 10 rings (SSSR count). The van der Waals surface area contributed by atoms with E-state index in [0.29, 0.717) is 0 Å². The van der Waals surface area contributed by atoms with Crippen molar-refractivity contribution in [3.05, 3.63) is 158 Å². The predicted molar refractivity (Wildman–Crippen MR) is 191 cm³/mol. The number of hydrogen-bond donors (Lipinski definition) is 0. The SMILES string of the molecule is c1ccc2c(c1)ccc1cc(-c3cc4ccc5cc(-c6ccc7c(ccc8ccccc87)c6)cc6ccc(c3)c4c56)ccc12. The first-order valence-corrected chi connectivity index (χ1v) is 15.3. The summed E-state index contributed by atoms with van der Waals surface area (Å²) >= 11 is 0. The molecule has 0 heteroatoms. The zero-order chi connectivity index (χ0) is 28.8. The Morgan fingerprint density at radius 3 is 0.955 bits per heavy atom. The fourth-order valence-electron chi connectivity index (χ4n) is 7.56. The minimum Gasteiger partial charge on any atom is -0.0616 e. The van der Waals surface area contributed by atoms with E-state index in [2.05, 4.69) is 158 Å². The lowest BCUT2D eigenvalue weighted by molar-refractivity contribution is 1.69. The van der Waals surface area contributed by atoms with E-state index in [4.69, 9.17) is 0 Å². The minimum absolute atomic E-state index is 1.25. The Morgan fingerprint density at radius 1 is 0.205 bits per heavy atom. The van der Waals surface area contributed by atoms with Gasteiger partial charge in [0.2, 0.25) is 0 Å². The Bertz CT molecular complexity index is 2500. The molecule has 44 heavy (non-hydrogen) atoms. The number of rotatable bonds is 2. The van der Waals surface area contributed by atoms with Gasteiger partial charge in [0, 0.05) is 0 Å². The van der Waals surface area contributed by atoms with Gasteiger partial charge in [-0.05, 0) is 134 Å². The molecule has 0 amide bonds. The molecule has 0 saturated carbocycles. The summed E-state index contributed by atoms with van der Waals surface area (Å²) in [4.78, 5) is 0. The summed E-state index contributed by atoms with van der Waals surface area (Å²) in [7, 11) is 0. The monoisotopic (exact) mass is 554 g/mol. The van der Waals surface area contributed by atoms with E-state index >= 15 is 0 Å². The second-order valence-corrected chi connectivity index (χ2v) is 12.2. The summed E-state index contributed by atoms with van der Waals surface area (Å²) in [6, 6.07) is 58.7. The number of hydrogen-bond acceptors (Lipinski definition) is 0. The molecule has 0 radical (unpaired) electrons. The maximum Gasteiger partial charge on any atom is -0.00264 e. The fraction of sp³-hybridized carbons (Fsp3) is 0. The highest BCUT2D eigenvalue weighted by molar-refractivity contribution is 6.24. The van der Waals surface area contributed by atoms with Crippen LogP contribution in [0.4, 0.5) is 0 Å². The Labute approximate surface area is 254 Å². The predicted octanol–water partition coefficient (Wildman–Crippen LogP) is 12.5. The second kappa shape index (κ2) is 8.89. The van der Waals surface area contributed by atoms with E-state index in [1.807, 2.05) is 0 Å². The van der Waals surface area contributed by atoms with Gasteiger partial charge < -0.3 is 0 Å². The standard InChI is InChI=1S/C44H26/c1-3-7-39-27(5-1)9-11-31-21-29(17-19-41(31)39)37-23-33-13-15-35-25-38(26-36-16-14-34(24-37)43(33)44(35)36)30-18-20-42-32(22-30)12-10-28-6-2-4-8-40(28)42/h1-26H. The lowest BCUT2D eigenvalue weighted by atomic mass is 9.88. The summed E-state index contributed by atoms with van der Waals surface area (Å²) in [5, 5.41) is 18.2. The van der Waals surface area contributed by atoms with E-state index in [1.165, 1.54) is 97.7 Å². The molecule has 0 atom stereocenters. The van der Waals surface area contributed by atoms with Gasteiger partial charge in [0.1, 0.15) is 0 Å². The molecule has 10 aromatic rings. The van der Waals surface area contributed by atoms with Crippen LogP contribution < -0.4 is 0 Å². The number of benzene rings is 10. The van der Waals surface area contributed by atoms with Crippen LogP contribution >= 0.6 is 0 Å². The molecule has 0 aliphatic carbocycles. The molecular weight excluding hydrogens is 528 g/mol. The highest BCUT2D eigenvalue weighted by Crippen LogP contribution is 2.41. The Kier molecular flexibility index (Phi) is 4.81. The summed E-state index contributed by atoms with van der Waals surface area (Å²) in [5.74, 6) is 0. The highest BCUT2D eigenvalue weighted by atomic mass is 14.2. The van der Waals surface area contributed by atoms with Crippen molar-refractivity contribution in [1.29, 1.82) is 0 Å². The fourth-order valence-corrected chi connectivity index (χ4v) is 7.56. The third-order valence-corrected chi connectivity index (χ3v) is 9.69. The zero-order valence-corrected chi connectivity index (χ0v) is 24.0. The minimum atomic E-state index is 1.25. The van der Waals surface area contributed by atoms with Crippen LogP contribution in [0.2, 0.25) is 0 Å². The second-order valence-electron chi connectivity index (χ2n) is 12.2. The molecule has 0 heterocycles. The third-order valence-electron chi connectivity index (χ3n) is 9.69. The summed E-state index contributed by atoms with van der Waals surface area (Å²) in [6.07, 6.45) is 0. The highest BCUT2D eigenvalue weighted by Gasteiger charge is 2.13. The Hall–Kier alpha value is -5.72. The molecule has 202 valence electrons. The van der Waals surface area contributed by atoms with Gasteiger partial charge in [-0.15, -0.1) is 0 Å². The molecule has 0 nitrogen and oxygen atoms in total. The molecule has 0 fully saturated rings. The molecule has 0 N–H and O–H groups in total.